The van der Waals surface area contributed by atoms with E-state index in [2.05, 4.69) is 10.1 Å². The number of aryl methyl sites for hydroxylation is 1. The van der Waals surface area contributed by atoms with Crippen LogP contribution in [0.25, 0.3) is 16.9 Å². The van der Waals surface area contributed by atoms with Crippen LogP contribution in [0.1, 0.15) is 11.3 Å². The lowest BCUT2D eigenvalue weighted by Gasteiger charge is -2.11. The maximum Gasteiger partial charge on any atom is 0.433 e. The van der Waals surface area contributed by atoms with Crippen molar-refractivity contribution in [2.24, 2.45) is 0 Å². The van der Waals surface area contributed by atoms with Crippen molar-refractivity contribution in [2.75, 3.05) is 0 Å². The van der Waals surface area contributed by atoms with Crippen LogP contribution in [0.2, 0.25) is 0 Å². The standard InChI is InChI=1S/C14H10F3N3/c1-9-2-4-10(5-3-9)11-8-12(14(15,16)17)20-13(19-11)6-7-18-20/h2-8H,1H3. The summed E-state index contributed by atoms with van der Waals surface area (Å²) in [5, 5.41) is 3.67. The zero-order chi connectivity index (χ0) is 14.3. The number of hydrogen-bond acceptors (Lipinski definition) is 2. The molecule has 20 heavy (non-hydrogen) atoms. The summed E-state index contributed by atoms with van der Waals surface area (Å²) in [6.07, 6.45) is -3.18. The predicted molar refractivity (Wildman–Crippen MR) is 68.2 cm³/mol. The fourth-order valence-corrected chi connectivity index (χ4v) is 1.99. The molecule has 2 aromatic heterocycles. The summed E-state index contributed by atoms with van der Waals surface area (Å²) in [4.78, 5) is 4.21. The Balaban J connectivity index is 2.24. The Morgan fingerprint density at radius 3 is 2.40 bits per heavy atom. The van der Waals surface area contributed by atoms with Gasteiger partial charge in [-0.25, -0.2) is 9.50 Å². The highest BCUT2D eigenvalue weighted by Crippen LogP contribution is 2.31. The van der Waals surface area contributed by atoms with Crippen molar-refractivity contribution < 1.29 is 13.2 Å². The largest absolute Gasteiger partial charge is 0.433 e. The number of benzene rings is 1. The van der Waals surface area contributed by atoms with Crippen molar-refractivity contribution in [1.29, 1.82) is 0 Å². The average molecular weight is 277 g/mol. The molecule has 6 heteroatoms. The molecule has 102 valence electrons. The third kappa shape index (κ3) is 2.13. The number of halogens is 3. The minimum absolute atomic E-state index is 0.176. The highest BCUT2D eigenvalue weighted by molar-refractivity contribution is 5.62. The molecule has 0 radical (unpaired) electrons. The second-order valence-electron chi connectivity index (χ2n) is 4.49. The first-order valence-corrected chi connectivity index (χ1v) is 5.94. The Morgan fingerprint density at radius 1 is 1.05 bits per heavy atom. The second-order valence-corrected chi connectivity index (χ2v) is 4.49. The van der Waals surface area contributed by atoms with Gasteiger partial charge < -0.3 is 0 Å². The van der Waals surface area contributed by atoms with Gasteiger partial charge in [0, 0.05) is 11.6 Å². The molecule has 0 saturated heterocycles. The molecule has 0 aliphatic carbocycles. The van der Waals surface area contributed by atoms with Crippen LogP contribution in [0.3, 0.4) is 0 Å². The number of fused-ring (bicyclic) bond motifs is 1. The molecule has 3 nitrogen and oxygen atoms in total. The van der Waals surface area contributed by atoms with E-state index in [1.165, 1.54) is 12.3 Å². The number of rotatable bonds is 1. The smallest absolute Gasteiger partial charge is 0.229 e. The van der Waals surface area contributed by atoms with Crippen molar-refractivity contribution >= 4 is 5.65 Å². The van der Waals surface area contributed by atoms with E-state index in [0.29, 0.717) is 5.56 Å². The highest BCUT2D eigenvalue weighted by Gasteiger charge is 2.35. The molecule has 0 amide bonds. The van der Waals surface area contributed by atoms with Gasteiger partial charge in [0.2, 0.25) is 0 Å². The normalized spacial score (nSPS) is 12.0. The predicted octanol–water partition coefficient (Wildman–Crippen LogP) is 3.72. The lowest BCUT2D eigenvalue weighted by Crippen LogP contribution is -2.13. The van der Waals surface area contributed by atoms with Gasteiger partial charge in [0.1, 0.15) is 0 Å². The molecule has 0 unspecified atom stereocenters. The molecule has 0 aliphatic heterocycles. The van der Waals surface area contributed by atoms with Gasteiger partial charge in [-0.2, -0.15) is 18.3 Å². The summed E-state index contributed by atoms with van der Waals surface area (Å²) in [5.74, 6) is 0. The van der Waals surface area contributed by atoms with Gasteiger partial charge in [-0.3, -0.25) is 0 Å². The summed E-state index contributed by atoms with van der Waals surface area (Å²) in [6, 6.07) is 9.66. The summed E-state index contributed by atoms with van der Waals surface area (Å²) in [6.45, 7) is 1.92. The fourth-order valence-electron chi connectivity index (χ4n) is 1.99. The lowest BCUT2D eigenvalue weighted by molar-refractivity contribution is -0.142. The molecule has 2 heterocycles. The van der Waals surface area contributed by atoms with Crippen LogP contribution in [0, 0.1) is 6.92 Å². The van der Waals surface area contributed by atoms with Gasteiger partial charge >= 0.3 is 6.18 Å². The van der Waals surface area contributed by atoms with Crippen molar-refractivity contribution in [2.45, 2.75) is 13.1 Å². The first-order valence-electron chi connectivity index (χ1n) is 5.94. The van der Waals surface area contributed by atoms with E-state index in [1.54, 1.807) is 12.1 Å². The van der Waals surface area contributed by atoms with Gasteiger partial charge in [-0.05, 0) is 13.0 Å². The summed E-state index contributed by atoms with van der Waals surface area (Å²) in [5.41, 5.74) is 1.31. The quantitative estimate of drug-likeness (QED) is 0.678. The van der Waals surface area contributed by atoms with Crippen LogP contribution in [0.4, 0.5) is 13.2 Å². The summed E-state index contributed by atoms with van der Waals surface area (Å²) in [7, 11) is 0. The first kappa shape index (κ1) is 12.7. The average Bonchev–Trinajstić information content (AvgIpc) is 2.85. The van der Waals surface area contributed by atoms with Crippen LogP contribution in [-0.4, -0.2) is 14.6 Å². The minimum atomic E-state index is -4.48. The number of aromatic nitrogens is 3. The molecule has 0 N–H and O–H groups in total. The molecule has 1 aromatic carbocycles. The molecule has 3 rings (SSSR count). The third-order valence-corrected chi connectivity index (χ3v) is 3.00. The second kappa shape index (κ2) is 4.33. The molecule has 0 atom stereocenters. The van der Waals surface area contributed by atoms with Crippen LogP contribution >= 0.6 is 0 Å². The summed E-state index contributed by atoms with van der Waals surface area (Å²) < 4.78 is 40.0. The van der Waals surface area contributed by atoms with Crippen molar-refractivity contribution in [1.82, 2.24) is 14.6 Å². The van der Waals surface area contributed by atoms with Crippen LogP contribution in [-0.2, 0) is 6.18 Å². The van der Waals surface area contributed by atoms with Gasteiger partial charge in [-0.1, -0.05) is 29.8 Å². The zero-order valence-electron chi connectivity index (χ0n) is 10.5. The molecular formula is C14H10F3N3. The highest BCUT2D eigenvalue weighted by atomic mass is 19.4. The fraction of sp³-hybridized carbons (Fsp3) is 0.143. The Morgan fingerprint density at radius 2 is 1.75 bits per heavy atom. The van der Waals surface area contributed by atoms with E-state index >= 15 is 0 Å². The monoisotopic (exact) mass is 277 g/mol. The maximum absolute atomic E-state index is 13.1. The Hall–Kier alpha value is -2.37. The van der Waals surface area contributed by atoms with E-state index in [-0.39, 0.29) is 11.3 Å². The van der Waals surface area contributed by atoms with Gasteiger partial charge in [0.15, 0.2) is 11.3 Å². The Bertz CT molecular complexity index is 757. The van der Waals surface area contributed by atoms with Crippen molar-refractivity contribution in [3.05, 3.63) is 53.9 Å². The van der Waals surface area contributed by atoms with Gasteiger partial charge in [-0.15, -0.1) is 0 Å². The van der Waals surface area contributed by atoms with E-state index in [0.717, 1.165) is 16.1 Å². The molecule has 0 saturated carbocycles. The van der Waals surface area contributed by atoms with Gasteiger partial charge in [0.25, 0.3) is 0 Å². The number of hydrogen-bond donors (Lipinski definition) is 0. The van der Waals surface area contributed by atoms with E-state index in [4.69, 9.17) is 0 Å². The van der Waals surface area contributed by atoms with Gasteiger partial charge in [0.05, 0.1) is 11.9 Å². The van der Waals surface area contributed by atoms with Crippen LogP contribution in [0.15, 0.2) is 42.6 Å². The Kier molecular flexibility index (Phi) is 2.74. The van der Waals surface area contributed by atoms with Crippen LogP contribution < -0.4 is 0 Å². The number of alkyl halides is 3. The van der Waals surface area contributed by atoms with Crippen molar-refractivity contribution in [3.63, 3.8) is 0 Å². The van der Waals surface area contributed by atoms with Crippen molar-refractivity contribution in [3.8, 4) is 11.3 Å². The van der Waals surface area contributed by atoms with E-state index in [1.807, 2.05) is 19.1 Å². The molecular weight excluding hydrogens is 267 g/mol. The topological polar surface area (TPSA) is 30.2 Å². The maximum atomic E-state index is 13.1. The third-order valence-electron chi connectivity index (χ3n) is 3.00. The molecule has 3 aromatic rings. The minimum Gasteiger partial charge on any atom is -0.229 e. The van der Waals surface area contributed by atoms with E-state index in [9.17, 15) is 13.2 Å². The molecule has 0 spiro atoms. The van der Waals surface area contributed by atoms with E-state index < -0.39 is 11.9 Å². The summed E-state index contributed by atoms with van der Waals surface area (Å²) >= 11 is 0. The lowest BCUT2D eigenvalue weighted by atomic mass is 10.1. The first-order chi connectivity index (χ1) is 9.45. The Labute approximate surface area is 112 Å². The molecule has 0 fully saturated rings. The van der Waals surface area contributed by atoms with Crippen LogP contribution in [0.5, 0.6) is 0 Å². The number of nitrogens with zero attached hydrogens (tertiary/aromatic N) is 3. The SMILES string of the molecule is Cc1ccc(-c2cc(C(F)(F)F)n3nccc3n2)cc1. The zero-order valence-corrected chi connectivity index (χ0v) is 10.5. The molecule has 0 aliphatic rings. The molecule has 0 bridgehead atoms.